The lowest BCUT2D eigenvalue weighted by Gasteiger charge is -2.01. The Balaban J connectivity index is 2.16. The summed E-state index contributed by atoms with van der Waals surface area (Å²) in [6.45, 7) is 0. The van der Waals surface area contributed by atoms with Crippen LogP contribution in [0.2, 0.25) is 0 Å². The molecule has 0 radical (unpaired) electrons. The molecular weight excluding hydrogens is 222 g/mol. The average Bonchev–Trinajstić information content (AvgIpc) is 2.78. The number of methoxy groups -OCH3 is 1. The maximum absolute atomic E-state index is 10.6. The number of benzene rings is 1. The van der Waals surface area contributed by atoms with E-state index < -0.39 is 5.97 Å². The van der Waals surface area contributed by atoms with E-state index in [-0.39, 0.29) is 5.69 Å². The van der Waals surface area contributed by atoms with Gasteiger partial charge in [-0.2, -0.15) is 0 Å². The number of aromatic carboxylic acids is 1. The summed E-state index contributed by atoms with van der Waals surface area (Å²) in [5.41, 5.74) is 0.867. The van der Waals surface area contributed by atoms with Gasteiger partial charge in [-0.05, 0) is 17.7 Å². The van der Waals surface area contributed by atoms with E-state index >= 15 is 0 Å². The summed E-state index contributed by atoms with van der Waals surface area (Å²) in [5, 5.41) is 8.70. The highest BCUT2D eigenvalue weighted by atomic mass is 16.5. The Morgan fingerprint density at radius 2 is 2.35 bits per heavy atom. The number of rotatable bonds is 4. The van der Waals surface area contributed by atoms with Crippen LogP contribution in [0.4, 0.5) is 0 Å². The number of hydrogen-bond acceptors (Lipinski definition) is 4. The van der Waals surface area contributed by atoms with E-state index in [1.54, 1.807) is 7.11 Å². The van der Waals surface area contributed by atoms with Crippen LogP contribution in [-0.4, -0.2) is 23.2 Å². The molecule has 17 heavy (non-hydrogen) atoms. The zero-order chi connectivity index (χ0) is 12.3. The number of ether oxygens (including phenoxy) is 1. The third-order valence-corrected chi connectivity index (χ3v) is 2.26. The van der Waals surface area contributed by atoms with Crippen molar-refractivity contribution in [1.29, 1.82) is 0 Å². The molecule has 88 valence electrons. The number of carboxylic acid groups (broad SMARTS) is 1. The Kier molecular flexibility index (Phi) is 3.09. The first kappa shape index (κ1) is 11.2. The van der Waals surface area contributed by atoms with Gasteiger partial charge in [-0.1, -0.05) is 12.1 Å². The number of aromatic nitrogens is 1. The zero-order valence-corrected chi connectivity index (χ0v) is 9.21. The summed E-state index contributed by atoms with van der Waals surface area (Å²) >= 11 is 0. The number of carbonyl (C=O) groups is 1. The fourth-order valence-electron chi connectivity index (χ4n) is 1.45. The van der Waals surface area contributed by atoms with Gasteiger partial charge >= 0.3 is 5.97 Å². The van der Waals surface area contributed by atoms with Crippen molar-refractivity contribution < 1.29 is 19.1 Å². The minimum absolute atomic E-state index is 0.0807. The van der Waals surface area contributed by atoms with E-state index in [1.165, 1.54) is 0 Å². The third kappa shape index (κ3) is 2.63. The Morgan fingerprint density at radius 3 is 3.00 bits per heavy atom. The molecule has 1 aromatic carbocycles. The van der Waals surface area contributed by atoms with Crippen molar-refractivity contribution in [2.45, 2.75) is 6.42 Å². The summed E-state index contributed by atoms with van der Waals surface area (Å²) in [7, 11) is 1.59. The van der Waals surface area contributed by atoms with Crippen molar-refractivity contribution in [2.24, 2.45) is 0 Å². The second-order valence-corrected chi connectivity index (χ2v) is 3.46. The number of oxazole rings is 1. The summed E-state index contributed by atoms with van der Waals surface area (Å²) in [4.78, 5) is 14.5. The van der Waals surface area contributed by atoms with Gasteiger partial charge in [0.05, 0.1) is 7.11 Å². The molecule has 0 bridgehead atoms. The summed E-state index contributed by atoms with van der Waals surface area (Å²) < 4.78 is 10.2. The van der Waals surface area contributed by atoms with E-state index in [0.717, 1.165) is 17.6 Å². The minimum Gasteiger partial charge on any atom is -0.497 e. The summed E-state index contributed by atoms with van der Waals surface area (Å²) in [5.74, 6) is 0.0220. The van der Waals surface area contributed by atoms with Gasteiger partial charge in [0.25, 0.3) is 0 Å². The first-order chi connectivity index (χ1) is 8.19. The fourth-order valence-corrected chi connectivity index (χ4v) is 1.45. The van der Waals surface area contributed by atoms with Crippen LogP contribution in [-0.2, 0) is 6.42 Å². The Morgan fingerprint density at radius 1 is 1.53 bits per heavy atom. The average molecular weight is 233 g/mol. The molecule has 0 saturated carbocycles. The van der Waals surface area contributed by atoms with Crippen molar-refractivity contribution in [3.05, 3.63) is 47.7 Å². The lowest BCUT2D eigenvalue weighted by atomic mass is 10.1. The molecule has 2 rings (SSSR count). The molecule has 0 amide bonds. The monoisotopic (exact) mass is 233 g/mol. The highest BCUT2D eigenvalue weighted by Gasteiger charge is 2.10. The van der Waals surface area contributed by atoms with Crippen LogP contribution in [0.15, 0.2) is 34.9 Å². The summed E-state index contributed by atoms with van der Waals surface area (Å²) in [6.07, 6.45) is 1.57. The maximum atomic E-state index is 10.6. The molecule has 0 saturated heterocycles. The molecule has 0 aliphatic carbocycles. The van der Waals surface area contributed by atoms with Crippen molar-refractivity contribution in [1.82, 2.24) is 4.98 Å². The largest absolute Gasteiger partial charge is 0.497 e. The number of nitrogens with zero attached hydrogens (tertiary/aromatic N) is 1. The van der Waals surface area contributed by atoms with Crippen molar-refractivity contribution >= 4 is 5.97 Å². The molecule has 0 aliphatic heterocycles. The van der Waals surface area contributed by atoms with Gasteiger partial charge in [0, 0.05) is 6.42 Å². The van der Waals surface area contributed by atoms with Crippen LogP contribution >= 0.6 is 0 Å². The fraction of sp³-hybridized carbons (Fsp3) is 0.167. The molecule has 2 aromatic rings. The van der Waals surface area contributed by atoms with Crippen LogP contribution in [0.25, 0.3) is 0 Å². The quantitative estimate of drug-likeness (QED) is 0.874. The third-order valence-electron chi connectivity index (χ3n) is 2.26. The van der Waals surface area contributed by atoms with Gasteiger partial charge in [-0.15, -0.1) is 0 Å². The molecule has 0 aliphatic rings. The van der Waals surface area contributed by atoms with Gasteiger partial charge in [0.2, 0.25) is 0 Å². The lowest BCUT2D eigenvalue weighted by Crippen LogP contribution is -1.97. The van der Waals surface area contributed by atoms with E-state index in [2.05, 4.69) is 4.98 Å². The standard InChI is InChI=1S/C12H11NO4/c1-16-9-4-2-3-8(5-9)6-11-13-10(7-17-11)12(14)15/h2-5,7H,6H2,1H3,(H,14,15). The van der Waals surface area contributed by atoms with Crippen molar-refractivity contribution in [3.63, 3.8) is 0 Å². The van der Waals surface area contributed by atoms with Crippen LogP contribution in [0.1, 0.15) is 21.9 Å². The molecule has 1 heterocycles. The van der Waals surface area contributed by atoms with Crippen LogP contribution in [0.5, 0.6) is 5.75 Å². The molecule has 1 aromatic heterocycles. The van der Waals surface area contributed by atoms with E-state index in [0.29, 0.717) is 12.3 Å². The molecule has 0 unspecified atom stereocenters. The van der Waals surface area contributed by atoms with Crippen LogP contribution in [0.3, 0.4) is 0 Å². The zero-order valence-electron chi connectivity index (χ0n) is 9.21. The molecule has 0 atom stereocenters. The van der Waals surface area contributed by atoms with Crippen LogP contribution in [0, 0.1) is 0 Å². The Hall–Kier alpha value is -2.30. The Labute approximate surface area is 97.7 Å². The first-order valence-electron chi connectivity index (χ1n) is 4.99. The second-order valence-electron chi connectivity index (χ2n) is 3.46. The highest BCUT2D eigenvalue weighted by Crippen LogP contribution is 2.15. The van der Waals surface area contributed by atoms with Gasteiger partial charge < -0.3 is 14.3 Å². The summed E-state index contributed by atoms with van der Waals surface area (Å²) in [6, 6.07) is 7.44. The molecule has 5 nitrogen and oxygen atoms in total. The van der Waals surface area contributed by atoms with Crippen molar-refractivity contribution in [2.75, 3.05) is 7.11 Å². The van der Waals surface area contributed by atoms with Gasteiger partial charge in [0.15, 0.2) is 11.6 Å². The second kappa shape index (κ2) is 4.69. The lowest BCUT2D eigenvalue weighted by molar-refractivity contribution is 0.0690. The smallest absolute Gasteiger partial charge is 0.357 e. The van der Waals surface area contributed by atoms with Gasteiger partial charge in [-0.25, -0.2) is 9.78 Å². The Bertz CT molecular complexity index is 533. The molecule has 0 fully saturated rings. The normalized spacial score (nSPS) is 10.2. The molecule has 0 spiro atoms. The maximum Gasteiger partial charge on any atom is 0.357 e. The first-order valence-corrected chi connectivity index (χ1v) is 4.99. The van der Waals surface area contributed by atoms with Crippen LogP contribution < -0.4 is 4.74 Å². The van der Waals surface area contributed by atoms with Crippen molar-refractivity contribution in [3.8, 4) is 5.75 Å². The minimum atomic E-state index is -1.09. The van der Waals surface area contributed by atoms with E-state index in [9.17, 15) is 4.79 Å². The van der Waals surface area contributed by atoms with E-state index in [4.69, 9.17) is 14.3 Å². The molecule has 5 heteroatoms. The molecular formula is C12H11NO4. The predicted molar refractivity (Wildman–Crippen MR) is 59.3 cm³/mol. The topological polar surface area (TPSA) is 72.6 Å². The SMILES string of the molecule is COc1cccc(Cc2nc(C(=O)O)co2)c1. The highest BCUT2D eigenvalue weighted by molar-refractivity contribution is 5.84. The van der Waals surface area contributed by atoms with Gasteiger partial charge in [-0.3, -0.25) is 0 Å². The van der Waals surface area contributed by atoms with Gasteiger partial charge in [0.1, 0.15) is 12.0 Å². The number of carboxylic acids is 1. The number of hydrogen-bond donors (Lipinski definition) is 1. The molecule has 1 N–H and O–H groups in total. The van der Waals surface area contributed by atoms with E-state index in [1.807, 2.05) is 24.3 Å². The predicted octanol–water partition coefficient (Wildman–Crippen LogP) is 1.97.